The highest BCUT2D eigenvalue weighted by atomic mass is 79.9. The van der Waals surface area contributed by atoms with Gasteiger partial charge in [0.2, 0.25) is 0 Å². The van der Waals surface area contributed by atoms with E-state index >= 15 is 0 Å². The Morgan fingerprint density at radius 2 is 1.71 bits per heavy atom. The van der Waals surface area contributed by atoms with Gasteiger partial charge in [-0.2, -0.15) is 0 Å². The molecule has 0 radical (unpaired) electrons. The summed E-state index contributed by atoms with van der Waals surface area (Å²) < 4.78 is 0.957. The number of hydrogen-bond acceptors (Lipinski definition) is 0. The third-order valence-corrected chi connectivity index (χ3v) is 3.91. The van der Waals surface area contributed by atoms with E-state index in [1.54, 1.807) is 0 Å². The first-order valence-corrected chi connectivity index (χ1v) is 6.84. The van der Waals surface area contributed by atoms with Crippen molar-refractivity contribution in [2.45, 2.75) is 12.3 Å². The van der Waals surface area contributed by atoms with E-state index in [2.05, 4.69) is 35.0 Å². The van der Waals surface area contributed by atoms with Crippen LogP contribution in [0.15, 0.2) is 46.9 Å². The van der Waals surface area contributed by atoms with Gasteiger partial charge in [0.1, 0.15) is 0 Å². The minimum atomic E-state index is -0.212. The highest BCUT2D eigenvalue weighted by molar-refractivity contribution is 9.10. The van der Waals surface area contributed by atoms with Gasteiger partial charge >= 0.3 is 0 Å². The van der Waals surface area contributed by atoms with E-state index < -0.39 is 0 Å². The van der Waals surface area contributed by atoms with Gasteiger partial charge in [0.15, 0.2) is 0 Å². The van der Waals surface area contributed by atoms with Crippen LogP contribution in [0.4, 0.5) is 0 Å². The monoisotopic (exact) mass is 328 g/mol. The highest BCUT2D eigenvalue weighted by Gasteiger charge is 2.14. The topological polar surface area (TPSA) is 0 Å². The Kier molecular flexibility index (Phi) is 4.13. The van der Waals surface area contributed by atoms with Gasteiger partial charge < -0.3 is 0 Å². The molecule has 2 aromatic carbocycles. The molecular formula is C14H11BrCl2. The standard InChI is InChI=1S/C14H11BrCl2/c1-9-2-4-10(5-3-9)14(17)12-7-6-11(15)8-13(12)16/h2-8,14H,1H3. The molecule has 2 aromatic rings. The number of halogens is 3. The van der Waals surface area contributed by atoms with Crippen molar-refractivity contribution in [1.82, 2.24) is 0 Å². The normalized spacial score (nSPS) is 12.5. The minimum Gasteiger partial charge on any atom is -0.113 e. The molecule has 0 heterocycles. The van der Waals surface area contributed by atoms with Gasteiger partial charge in [0.25, 0.3) is 0 Å². The predicted molar refractivity (Wildman–Crippen MR) is 78.0 cm³/mol. The summed E-state index contributed by atoms with van der Waals surface area (Å²) in [6.07, 6.45) is 0. The van der Waals surface area contributed by atoms with E-state index in [0.29, 0.717) is 5.02 Å². The van der Waals surface area contributed by atoms with Gasteiger partial charge in [0.05, 0.1) is 5.38 Å². The fraction of sp³-hybridized carbons (Fsp3) is 0.143. The van der Waals surface area contributed by atoms with Gasteiger partial charge in [-0.1, -0.05) is 63.4 Å². The molecule has 0 saturated heterocycles. The lowest BCUT2D eigenvalue weighted by Crippen LogP contribution is -1.94. The maximum atomic E-state index is 6.44. The number of alkyl halides is 1. The second-order valence-corrected chi connectivity index (χ2v) is 5.70. The second kappa shape index (κ2) is 5.43. The Hall–Kier alpha value is -0.500. The average molecular weight is 330 g/mol. The molecule has 0 aromatic heterocycles. The van der Waals surface area contributed by atoms with E-state index in [1.165, 1.54) is 5.56 Å². The molecule has 0 bridgehead atoms. The number of benzene rings is 2. The van der Waals surface area contributed by atoms with Gasteiger partial charge in [-0.3, -0.25) is 0 Å². The lowest BCUT2D eigenvalue weighted by molar-refractivity contribution is 1.13. The molecule has 0 fully saturated rings. The first kappa shape index (κ1) is 12.9. The Bertz CT molecular complexity index is 520. The van der Waals surface area contributed by atoms with Crippen molar-refractivity contribution in [2.75, 3.05) is 0 Å². The SMILES string of the molecule is Cc1ccc(C(Cl)c2ccc(Br)cc2Cl)cc1. The zero-order valence-electron chi connectivity index (χ0n) is 9.25. The molecule has 17 heavy (non-hydrogen) atoms. The van der Waals surface area contributed by atoms with Gasteiger partial charge in [-0.25, -0.2) is 0 Å². The van der Waals surface area contributed by atoms with Crippen molar-refractivity contribution in [3.63, 3.8) is 0 Å². The van der Waals surface area contributed by atoms with Crippen molar-refractivity contribution < 1.29 is 0 Å². The Morgan fingerprint density at radius 1 is 1.06 bits per heavy atom. The lowest BCUT2D eigenvalue weighted by Gasteiger charge is -2.12. The molecule has 3 heteroatoms. The van der Waals surface area contributed by atoms with Crippen molar-refractivity contribution in [3.8, 4) is 0 Å². The van der Waals surface area contributed by atoms with Crippen LogP contribution in [0.2, 0.25) is 5.02 Å². The molecule has 0 spiro atoms. The molecule has 0 aliphatic rings. The minimum absolute atomic E-state index is 0.212. The van der Waals surface area contributed by atoms with Crippen LogP contribution in [0, 0.1) is 6.92 Å². The quantitative estimate of drug-likeness (QED) is 0.616. The van der Waals surface area contributed by atoms with Crippen LogP contribution >= 0.6 is 39.1 Å². The fourth-order valence-electron chi connectivity index (χ4n) is 1.62. The largest absolute Gasteiger partial charge is 0.113 e. The maximum Gasteiger partial charge on any atom is 0.0849 e. The zero-order valence-corrected chi connectivity index (χ0v) is 12.4. The molecule has 0 N–H and O–H groups in total. The van der Waals surface area contributed by atoms with Crippen molar-refractivity contribution in [1.29, 1.82) is 0 Å². The molecule has 0 saturated carbocycles. The first-order valence-electron chi connectivity index (χ1n) is 5.23. The van der Waals surface area contributed by atoms with E-state index in [1.807, 2.05) is 30.3 Å². The molecule has 0 amide bonds. The van der Waals surface area contributed by atoms with Gasteiger partial charge in [-0.15, -0.1) is 11.6 Å². The third kappa shape index (κ3) is 3.04. The summed E-state index contributed by atoms with van der Waals surface area (Å²) in [6, 6.07) is 13.9. The van der Waals surface area contributed by atoms with Crippen molar-refractivity contribution in [3.05, 3.63) is 68.7 Å². The molecule has 0 aliphatic heterocycles. The summed E-state index contributed by atoms with van der Waals surface area (Å²) in [5.41, 5.74) is 3.21. The maximum absolute atomic E-state index is 6.44. The van der Waals surface area contributed by atoms with Crippen LogP contribution in [0.3, 0.4) is 0 Å². The summed E-state index contributed by atoms with van der Waals surface area (Å²) in [4.78, 5) is 0. The molecule has 2 rings (SSSR count). The average Bonchev–Trinajstić information content (AvgIpc) is 2.29. The van der Waals surface area contributed by atoms with Gasteiger partial charge in [0, 0.05) is 9.50 Å². The van der Waals surface area contributed by atoms with Crippen LogP contribution in [-0.4, -0.2) is 0 Å². The zero-order chi connectivity index (χ0) is 12.4. The Morgan fingerprint density at radius 3 is 2.29 bits per heavy atom. The van der Waals surface area contributed by atoms with Crippen LogP contribution in [0.5, 0.6) is 0 Å². The molecular weight excluding hydrogens is 319 g/mol. The molecule has 0 aliphatic carbocycles. The van der Waals surface area contributed by atoms with Crippen LogP contribution in [-0.2, 0) is 0 Å². The summed E-state index contributed by atoms with van der Waals surface area (Å²) in [6.45, 7) is 2.06. The van der Waals surface area contributed by atoms with Crippen LogP contribution in [0.25, 0.3) is 0 Å². The first-order chi connectivity index (χ1) is 8.08. The number of hydrogen-bond donors (Lipinski definition) is 0. The third-order valence-electron chi connectivity index (χ3n) is 2.61. The van der Waals surface area contributed by atoms with E-state index in [4.69, 9.17) is 23.2 Å². The summed E-state index contributed by atoms with van der Waals surface area (Å²) in [5.74, 6) is 0. The van der Waals surface area contributed by atoms with E-state index in [9.17, 15) is 0 Å². The van der Waals surface area contributed by atoms with Crippen LogP contribution in [0.1, 0.15) is 22.1 Å². The Balaban J connectivity index is 2.36. The predicted octanol–water partition coefficient (Wildman–Crippen LogP) is 5.74. The van der Waals surface area contributed by atoms with Gasteiger partial charge in [-0.05, 0) is 30.2 Å². The summed E-state index contributed by atoms with van der Waals surface area (Å²) in [7, 11) is 0. The van der Waals surface area contributed by atoms with E-state index in [0.717, 1.165) is 15.6 Å². The lowest BCUT2D eigenvalue weighted by atomic mass is 10.0. The number of aryl methyl sites for hydroxylation is 1. The summed E-state index contributed by atoms with van der Waals surface area (Å²) in [5, 5.41) is 0.469. The smallest absolute Gasteiger partial charge is 0.0849 e. The Labute approximate surface area is 120 Å². The number of rotatable bonds is 2. The van der Waals surface area contributed by atoms with Crippen molar-refractivity contribution >= 4 is 39.1 Å². The molecule has 0 nitrogen and oxygen atoms in total. The van der Waals surface area contributed by atoms with Crippen molar-refractivity contribution in [2.24, 2.45) is 0 Å². The van der Waals surface area contributed by atoms with E-state index in [-0.39, 0.29) is 5.38 Å². The van der Waals surface area contributed by atoms with Crippen LogP contribution < -0.4 is 0 Å². The molecule has 1 atom stereocenters. The fourth-order valence-corrected chi connectivity index (χ4v) is 2.80. The summed E-state index contributed by atoms with van der Waals surface area (Å²) >= 11 is 16.0. The molecule has 1 unspecified atom stereocenters. The highest BCUT2D eigenvalue weighted by Crippen LogP contribution is 2.34. The second-order valence-electron chi connectivity index (χ2n) is 3.94. The molecule has 88 valence electrons.